The fraction of sp³-hybridized carbons (Fsp3) is 0.538. The molecule has 93 valence electrons. The lowest BCUT2D eigenvalue weighted by Gasteiger charge is -2.36. The molecule has 1 heterocycles. The van der Waals surface area contributed by atoms with Crippen LogP contribution in [0.1, 0.15) is 31.7 Å². The molecule has 1 unspecified atom stereocenters. The van der Waals surface area contributed by atoms with Gasteiger partial charge in [-0.1, -0.05) is 12.1 Å². The first-order valence-electron chi connectivity index (χ1n) is 5.84. The molecule has 2 rings (SSSR count). The minimum atomic E-state index is -4.30. The lowest BCUT2D eigenvalue weighted by molar-refractivity contribution is -0.137. The van der Waals surface area contributed by atoms with E-state index < -0.39 is 11.7 Å². The van der Waals surface area contributed by atoms with Crippen molar-refractivity contribution in [2.24, 2.45) is 0 Å². The molecule has 0 saturated carbocycles. The van der Waals surface area contributed by atoms with E-state index in [1.54, 1.807) is 6.07 Å². The molecular weight excluding hydrogens is 227 g/mol. The van der Waals surface area contributed by atoms with Gasteiger partial charge in [0.05, 0.1) is 11.3 Å². The first-order chi connectivity index (χ1) is 8.00. The van der Waals surface area contributed by atoms with Crippen LogP contribution in [0.25, 0.3) is 0 Å². The summed E-state index contributed by atoms with van der Waals surface area (Å²) in [4.78, 5) is 1.83. The van der Waals surface area contributed by atoms with Crippen molar-refractivity contribution in [1.82, 2.24) is 0 Å². The van der Waals surface area contributed by atoms with Gasteiger partial charge in [-0.25, -0.2) is 0 Å². The van der Waals surface area contributed by atoms with Crippen LogP contribution in [0, 0.1) is 6.07 Å². The summed E-state index contributed by atoms with van der Waals surface area (Å²) in [6.07, 6.45) is -1.32. The number of halogens is 3. The number of rotatable bonds is 1. The highest BCUT2D eigenvalue weighted by molar-refractivity contribution is 5.55. The monoisotopic (exact) mass is 242 g/mol. The Hall–Kier alpha value is -1.19. The average molecular weight is 242 g/mol. The molecule has 0 spiro atoms. The molecule has 0 aromatic heterocycles. The van der Waals surface area contributed by atoms with E-state index in [2.05, 4.69) is 6.07 Å². The van der Waals surface area contributed by atoms with Crippen molar-refractivity contribution in [3.8, 4) is 0 Å². The molecule has 1 nitrogen and oxygen atoms in total. The van der Waals surface area contributed by atoms with E-state index in [0.717, 1.165) is 25.3 Å². The molecule has 1 radical (unpaired) electrons. The highest BCUT2D eigenvalue weighted by Gasteiger charge is 2.35. The van der Waals surface area contributed by atoms with E-state index in [9.17, 15) is 13.2 Å². The van der Waals surface area contributed by atoms with Gasteiger partial charge in [0.25, 0.3) is 0 Å². The molecule has 0 bridgehead atoms. The number of nitrogens with zero attached hydrogens (tertiary/aromatic N) is 1. The molecule has 1 atom stereocenters. The van der Waals surface area contributed by atoms with Gasteiger partial charge < -0.3 is 4.90 Å². The number of para-hydroxylation sites is 1. The van der Waals surface area contributed by atoms with Crippen LogP contribution < -0.4 is 4.90 Å². The summed E-state index contributed by atoms with van der Waals surface area (Å²) in [5.41, 5.74) is -0.374. The Bertz CT molecular complexity index is 386. The van der Waals surface area contributed by atoms with Crippen LogP contribution in [0.4, 0.5) is 18.9 Å². The van der Waals surface area contributed by atoms with Gasteiger partial charge in [0.15, 0.2) is 0 Å². The summed E-state index contributed by atoms with van der Waals surface area (Å²) in [6, 6.07) is 6.98. The predicted molar refractivity (Wildman–Crippen MR) is 60.9 cm³/mol. The Morgan fingerprint density at radius 2 is 2.12 bits per heavy atom. The second-order valence-electron chi connectivity index (χ2n) is 4.47. The third-order valence-electron chi connectivity index (χ3n) is 3.23. The maximum atomic E-state index is 12.9. The van der Waals surface area contributed by atoms with Gasteiger partial charge in [0.2, 0.25) is 0 Å². The third kappa shape index (κ3) is 2.56. The van der Waals surface area contributed by atoms with E-state index in [1.807, 2.05) is 11.8 Å². The van der Waals surface area contributed by atoms with Gasteiger partial charge in [-0.3, -0.25) is 0 Å². The Labute approximate surface area is 99.2 Å². The van der Waals surface area contributed by atoms with Gasteiger partial charge in [-0.05, 0) is 32.3 Å². The summed E-state index contributed by atoms with van der Waals surface area (Å²) in [7, 11) is 0. The maximum absolute atomic E-state index is 12.9. The van der Waals surface area contributed by atoms with Gasteiger partial charge in [0, 0.05) is 18.7 Å². The lowest BCUT2D eigenvalue weighted by Crippen LogP contribution is -2.38. The van der Waals surface area contributed by atoms with Crippen LogP contribution in [-0.2, 0) is 6.18 Å². The van der Waals surface area contributed by atoms with Crippen molar-refractivity contribution in [2.45, 2.75) is 38.4 Å². The van der Waals surface area contributed by atoms with Crippen LogP contribution in [0.15, 0.2) is 18.2 Å². The largest absolute Gasteiger partial charge is 0.418 e. The first-order valence-corrected chi connectivity index (χ1v) is 5.84. The van der Waals surface area contributed by atoms with Gasteiger partial charge in [0.1, 0.15) is 0 Å². The van der Waals surface area contributed by atoms with E-state index in [1.165, 1.54) is 6.07 Å². The summed E-state index contributed by atoms with van der Waals surface area (Å²) in [5.74, 6) is 0. The molecule has 1 aromatic carbocycles. The molecule has 1 saturated heterocycles. The van der Waals surface area contributed by atoms with Gasteiger partial charge in [-0.2, -0.15) is 13.2 Å². The molecule has 1 aromatic rings. The Morgan fingerprint density at radius 3 is 2.76 bits per heavy atom. The smallest absolute Gasteiger partial charge is 0.368 e. The zero-order chi connectivity index (χ0) is 12.5. The lowest BCUT2D eigenvalue weighted by atomic mass is 10.0. The van der Waals surface area contributed by atoms with Crippen molar-refractivity contribution in [2.75, 3.05) is 11.4 Å². The minimum Gasteiger partial charge on any atom is -0.368 e. The first kappa shape index (κ1) is 12.3. The SMILES string of the molecule is CC1CCCCN1c1[c]cccc1C(F)(F)F. The summed E-state index contributed by atoms with van der Waals surface area (Å²) in [6.45, 7) is 2.66. The summed E-state index contributed by atoms with van der Waals surface area (Å²) < 4.78 is 38.7. The molecule has 0 amide bonds. The fourth-order valence-corrected chi connectivity index (χ4v) is 2.32. The highest BCUT2D eigenvalue weighted by Crippen LogP contribution is 2.38. The number of benzene rings is 1. The number of piperidine rings is 1. The standard InChI is InChI=1S/C13H15F3N/c1-10-6-4-5-9-17(10)12-8-3-2-7-11(12)13(14,15)16/h2-3,7,10H,4-6,9H2,1H3. The maximum Gasteiger partial charge on any atom is 0.418 e. The Kier molecular flexibility index (Phi) is 3.31. The molecule has 0 aliphatic carbocycles. The van der Waals surface area contributed by atoms with Gasteiger partial charge in [-0.15, -0.1) is 0 Å². The van der Waals surface area contributed by atoms with Crippen LogP contribution in [-0.4, -0.2) is 12.6 Å². The molecule has 17 heavy (non-hydrogen) atoms. The van der Waals surface area contributed by atoms with Crippen LogP contribution >= 0.6 is 0 Å². The molecule has 1 fully saturated rings. The van der Waals surface area contributed by atoms with Crippen molar-refractivity contribution < 1.29 is 13.2 Å². The molecule has 1 aliphatic heterocycles. The van der Waals surface area contributed by atoms with Crippen LogP contribution in [0.3, 0.4) is 0 Å². The van der Waals surface area contributed by atoms with Crippen molar-refractivity contribution in [3.05, 3.63) is 29.8 Å². The normalized spacial score (nSPS) is 21.6. The second-order valence-corrected chi connectivity index (χ2v) is 4.47. The Balaban J connectivity index is 2.37. The van der Waals surface area contributed by atoms with Crippen LogP contribution in [0.2, 0.25) is 0 Å². The second kappa shape index (κ2) is 4.59. The van der Waals surface area contributed by atoms with Crippen molar-refractivity contribution >= 4 is 5.69 Å². The van der Waals surface area contributed by atoms with Crippen LogP contribution in [0.5, 0.6) is 0 Å². The average Bonchev–Trinajstić information content (AvgIpc) is 2.28. The molecular formula is C13H15F3N. The zero-order valence-electron chi connectivity index (χ0n) is 9.72. The van der Waals surface area contributed by atoms with Crippen molar-refractivity contribution in [3.63, 3.8) is 0 Å². The Morgan fingerprint density at radius 1 is 1.35 bits per heavy atom. The fourth-order valence-electron chi connectivity index (χ4n) is 2.32. The van der Waals surface area contributed by atoms with E-state index in [-0.39, 0.29) is 11.7 Å². The van der Waals surface area contributed by atoms with E-state index in [0.29, 0.717) is 6.54 Å². The number of hydrogen-bond donors (Lipinski definition) is 0. The van der Waals surface area contributed by atoms with Gasteiger partial charge >= 0.3 is 6.18 Å². The predicted octanol–water partition coefficient (Wildman–Crippen LogP) is 3.88. The summed E-state index contributed by atoms with van der Waals surface area (Å²) in [5, 5.41) is 0. The highest BCUT2D eigenvalue weighted by atomic mass is 19.4. The molecule has 1 aliphatic rings. The number of alkyl halides is 3. The van der Waals surface area contributed by atoms with E-state index >= 15 is 0 Å². The number of hydrogen-bond acceptors (Lipinski definition) is 1. The quantitative estimate of drug-likeness (QED) is 0.722. The summed E-state index contributed by atoms with van der Waals surface area (Å²) >= 11 is 0. The number of anilines is 1. The topological polar surface area (TPSA) is 3.24 Å². The molecule has 0 N–H and O–H groups in total. The third-order valence-corrected chi connectivity index (χ3v) is 3.23. The minimum absolute atomic E-state index is 0.156. The van der Waals surface area contributed by atoms with Crippen molar-refractivity contribution in [1.29, 1.82) is 0 Å². The molecule has 4 heteroatoms. The zero-order valence-corrected chi connectivity index (χ0v) is 9.72. The van der Waals surface area contributed by atoms with E-state index in [4.69, 9.17) is 0 Å².